The second kappa shape index (κ2) is 6.47. The number of fused-ring (bicyclic) bond motifs is 7. The van der Waals surface area contributed by atoms with E-state index in [1.807, 2.05) is 0 Å². The molecule has 2 aliphatic heterocycles. The minimum Gasteiger partial charge on any atom is -0.349 e. The second-order valence-electron chi connectivity index (χ2n) is 12.9. The van der Waals surface area contributed by atoms with E-state index in [0.717, 1.165) is 42.6 Å². The van der Waals surface area contributed by atoms with Crippen LogP contribution >= 0.6 is 0 Å². The zero-order valence-electron chi connectivity index (χ0n) is 19.4. The van der Waals surface area contributed by atoms with Gasteiger partial charge in [0, 0.05) is 12.3 Å². The van der Waals surface area contributed by atoms with Crippen molar-refractivity contribution in [2.24, 2.45) is 52.3 Å². The van der Waals surface area contributed by atoms with Crippen LogP contribution in [0.25, 0.3) is 0 Å². The highest BCUT2D eigenvalue weighted by atomic mass is 16.7. The first kappa shape index (κ1) is 19.6. The molecule has 4 saturated carbocycles. The average Bonchev–Trinajstić information content (AvgIpc) is 3.15. The van der Waals surface area contributed by atoms with Gasteiger partial charge in [-0.05, 0) is 97.7 Å². The molecule has 0 aromatic carbocycles. The quantitative estimate of drug-likeness (QED) is 0.444. The predicted octanol–water partition coefficient (Wildman–Crippen LogP) is 6.82. The molecule has 2 saturated heterocycles. The second-order valence-corrected chi connectivity index (χ2v) is 12.9. The maximum atomic E-state index is 6.92. The molecule has 3 unspecified atom stereocenters. The van der Waals surface area contributed by atoms with Crippen LogP contribution in [-0.4, -0.2) is 18.5 Å². The Labute approximate surface area is 178 Å². The van der Waals surface area contributed by atoms with E-state index in [1.54, 1.807) is 0 Å². The SMILES string of the molecule is CC1C2[C@H](C[C@H]3[C@@H]4CC[C@@H]5CCCC[C@]5(C)[C@H]4CCC23C)O[C@]12CC[C@H](C)CO2. The van der Waals surface area contributed by atoms with Crippen molar-refractivity contribution in [1.29, 1.82) is 0 Å². The van der Waals surface area contributed by atoms with Crippen LogP contribution in [0, 0.1) is 52.3 Å². The average molecular weight is 401 g/mol. The topological polar surface area (TPSA) is 18.5 Å². The number of rotatable bonds is 0. The highest BCUT2D eigenvalue weighted by molar-refractivity contribution is 5.15. The highest BCUT2D eigenvalue weighted by Gasteiger charge is 2.68. The predicted molar refractivity (Wildman–Crippen MR) is 116 cm³/mol. The van der Waals surface area contributed by atoms with Gasteiger partial charge in [0.25, 0.3) is 0 Å². The molecule has 6 fully saturated rings. The molecule has 0 bridgehead atoms. The van der Waals surface area contributed by atoms with Crippen molar-refractivity contribution in [2.75, 3.05) is 6.61 Å². The van der Waals surface area contributed by atoms with E-state index < -0.39 is 0 Å². The van der Waals surface area contributed by atoms with Crippen molar-refractivity contribution < 1.29 is 9.47 Å². The monoisotopic (exact) mass is 400 g/mol. The van der Waals surface area contributed by atoms with Crippen LogP contribution in [0.2, 0.25) is 0 Å². The molecular weight excluding hydrogens is 356 g/mol. The van der Waals surface area contributed by atoms with Crippen LogP contribution in [0.4, 0.5) is 0 Å². The van der Waals surface area contributed by atoms with Gasteiger partial charge in [-0.25, -0.2) is 0 Å². The Kier molecular flexibility index (Phi) is 4.37. The van der Waals surface area contributed by atoms with Crippen LogP contribution in [0.1, 0.15) is 98.3 Å². The first-order valence-corrected chi connectivity index (χ1v) is 13.2. The largest absolute Gasteiger partial charge is 0.349 e. The third kappa shape index (κ3) is 2.54. The molecule has 6 rings (SSSR count). The molecule has 11 atom stereocenters. The number of hydrogen-bond acceptors (Lipinski definition) is 2. The fourth-order valence-corrected chi connectivity index (χ4v) is 10.3. The summed E-state index contributed by atoms with van der Waals surface area (Å²) in [6.07, 6.45) is 16.2. The molecule has 1 spiro atoms. The lowest BCUT2D eigenvalue weighted by Gasteiger charge is -2.61. The molecule has 2 nitrogen and oxygen atoms in total. The summed E-state index contributed by atoms with van der Waals surface area (Å²) >= 11 is 0. The summed E-state index contributed by atoms with van der Waals surface area (Å²) in [4.78, 5) is 0. The lowest BCUT2D eigenvalue weighted by Crippen LogP contribution is -2.54. The summed E-state index contributed by atoms with van der Waals surface area (Å²) in [5.74, 6) is 5.62. The van der Waals surface area contributed by atoms with Gasteiger partial charge in [-0.1, -0.05) is 40.5 Å². The Bertz CT molecular complexity index is 651. The lowest BCUT2D eigenvalue weighted by atomic mass is 9.44. The Balaban J connectivity index is 1.27. The molecular formula is C27H44O2. The van der Waals surface area contributed by atoms with E-state index >= 15 is 0 Å². The van der Waals surface area contributed by atoms with E-state index in [-0.39, 0.29) is 5.79 Å². The van der Waals surface area contributed by atoms with Crippen molar-refractivity contribution in [3.05, 3.63) is 0 Å². The van der Waals surface area contributed by atoms with Crippen molar-refractivity contribution in [1.82, 2.24) is 0 Å². The molecule has 0 N–H and O–H groups in total. The van der Waals surface area contributed by atoms with E-state index in [0.29, 0.717) is 28.8 Å². The zero-order valence-corrected chi connectivity index (χ0v) is 19.4. The number of ether oxygens (including phenoxy) is 2. The lowest BCUT2D eigenvalue weighted by molar-refractivity contribution is -0.273. The molecule has 4 aliphatic carbocycles. The van der Waals surface area contributed by atoms with Gasteiger partial charge in [0.15, 0.2) is 5.79 Å². The van der Waals surface area contributed by atoms with Crippen LogP contribution < -0.4 is 0 Å². The molecule has 2 heteroatoms. The molecule has 2 heterocycles. The van der Waals surface area contributed by atoms with Crippen LogP contribution in [-0.2, 0) is 9.47 Å². The van der Waals surface area contributed by atoms with Crippen molar-refractivity contribution >= 4 is 0 Å². The van der Waals surface area contributed by atoms with Crippen molar-refractivity contribution in [2.45, 2.75) is 110 Å². The molecule has 0 amide bonds. The van der Waals surface area contributed by atoms with Gasteiger partial charge in [-0.2, -0.15) is 0 Å². The van der Waals surface area contributed by atoms with Crippen LogP contribution in [0.15, 0.2) is 0 Å². The summed E-state index contributed by atoms with van der Waals surface area (Å²) in [7, 11) is 0. The van der Waals surface area contributed by atoms with Gasteiger partial charge in [0.1, 0.15) is 0 Å². The Morgan fingerprint density at radius 2 is 1.66 bits per heavy atom. The Morgan fingerprint density at radius 3 is 2.45 bits per heavy atom. The summed E-state index contributed by atoms with van der Waals surface area (Å²) < 4.78 is 13.4. The third-order valence-corrected chi connectivity index (χ3v) is 11.9. The highest BCUT2D eigenvalue weighted by Crippen LogP contribution is 2.71. The summed E-state index contributed by atoms with van der Waals surface area (Å²) in [5.41, 5.74) is 1.13. The smallest absolute Gasteiger partial charge is 0.171 e. The fraction of sp³-hybridized carbons (Fsp3) is 1.00. The standard InChI is InChI=1S/C27H44O2/c1-17-10-14-27(28-16-17)18(2)24-23(29-27)15-22-20-9-8-19-7-5-6-12-25(19,3)21(20)11-13-26(22,24)4/h17-24H,5-16H2,1-4H3/t17-,18?,19-,20+,21-,22-,23-,24?,25-,26?,27+/m0/s1. The summed E-state index contributed by atoms with van der Waals surface area (Å²) in [5, 5.41) is 0. The molecule has 6 aliphatic rings. The van der Waals surface area contributed by atoms with Crippen LogP contribution in [0.5, 0.6) is 0 Å². The maximum Gasteiger partial charge on any atom is 0.171 e. The molecule has 0 aromatic heterocycles. The van der Waals surface area contributed by atoms with Gasteiger partial charge >= 0.3 is 0 Å². The van der Waals surface area contributed by atoms with Gasteiger partial charge in [-0.3, -0.25) is 0 Å². The molecule has 164 valence electrons. The van der Waals surface area contributed by atoms with Gasteiger partial charge in [0.05, 0.1) is 12.7 Å². The van der Waals surface area contributed by atoms with Gasteiger partial charge < -0.3 is 9.47 Å². The first-order chi connectivity index (χ1) is 13.9. The first-order valence-electron chi connectivity index (χ1n) is 13.2. The van der Waals surface area contributed by atoms with E-state index in [1.165, 1.54) is 64.2 Å². The van der Waals surface area contributed by atoms with E-state index in [2.05, 4.69) is 27.7 Å². The molecule has 0 radical (unpaired) electrons. The fourth-order valence-electron chi connectivity index (χ4n) is 10.3. The Hall–Kier alpha value is -0.0800. The zero-order chi connectivity index (χ0) is 20.0. The van der Waals surface area contributed by atoms with Crippen molar-refractivity contribution in [3.8, 4) is 0 Å². The number of hydrogen-bond donors (Lipinski definition) is 0. The van der Waals surface area contributed by atoms with Crippen molar-refractivity contribution in [3.63, 3.8) is 0 Å². The molecule has 0 aromatic rings. The van der Waals surface area contributed by atoms with Gasteiger partial charge in [0.2, 0.25) is 0 Å². The van der Waals surface area contributed by atoms with Gasteiger partial charge in [-0.15, -0.1) is 0 Å². The summed E-state index contributed by atoms with van der Waals surface area (Å²) in [6, 6.07) is 0. The van der Waals surface area contributed by atoms with E-state index in [4.69, 9.17) is 9.47 Å². The summed E-state index contributed by atoms with van der Waals surface area (Å²) in [6.45, 7) is 11.1. The molecule has 29 heavy (non-hydrogen) atoms. The third-order valence-electron chi connectivity index (χ3n) is 11.9. The minimum atomic E-state index is -0.250. The normalized spacial score (nSPS) is 61.7. The maximum absolute atomic E-state index is 6.92. The van der Waals surface area contributed by atoms with Crippen LogP contribution in [0.3, 0.4) is 0 Å². The minimum absolute atomic E-state index is 0.250. The Morgan fingerprint density at radius 1 is 0.793 bits per heavy atom. The van der Waals surface area contributed by atoms with E-state index in [9.17, 15) is 0 Å².